The summed E-state index contributed by atoms with van der Waals surface area (Å²) in [7, 11) is 4.05. The monoisotopic (exact) mass is 475 g/mol. The van der Waals surface area contributed by atoms with Crippen molar-refractivity contribution in [3.05, 3.63) is 106 Å². The zero-order chi connectivity index (χ0) is 25.0. The lowest BCUT2D eigenvalue weighted by molar-refractivity contribution is -0.0140. The highest BCUT2D eigenvalue weighted by Gasteiger charge is 2.41. The Morgan fingerprint density at radius 3 is 2.23 bits per heavy atom. The van der Waals surface area contributed by atoms with Crippen LogP contribution in [0.15, 0.2) is 66.7 Å². The number of hydrazine groups is 1. The molecule has 4 rings (SSSR count). The van der Waals surface area contributed by atoms with Gasteiger partial charge in [0.25, 0.3) is 11.8 Å². The minimum Gasteiger partial charge on any atom is -0.361 e. The molecule has 0 aromatic heterocycles. The lowest BCUT2D eigenvalue weighted by Crippen LogP contribution is -2.41. The molecule has 0 radical (unpaired) electrons. The Hall–Kier alpha value is -3.55. The fraction of sp³-hybridized carbons (Fsp3) is 0.286. The van der Waals surface area contributed by atoms with Crippen molar-refractivity contribution in [1.29, 1.82) is 0 Å². The van der Waals surface area contributed by atoms with Crippen LogP contribution in [0.3, 0.4) is 0 Å². The Balaban J connectivity index is 1.53. The quantitative estimate of drug-likeness (QED) is 0.499. The average Bonchev–Trinajstić information content (AvgIpc) is 3.21. The first kappa shape index (κ1) is 24.6. The summed E-state index contributed by atoms with van der Waals surface area (Å²) in [6, 6.07) is 18.9. The molecule has 0 fully saturated rings. The zero-order valence-electron chi connectivity index (χ0n) is 20.2. The van der Waals surface area contributed by atoms with Gasteiger partial charge in [-0.05, 0) is 93.5 Å². The third-order valence-electron chi connectivity index (χ3n) is 6.32. The maximum absolute atomic E-state index is 13.6. The number of hydrogen-bond acceptors (Lipinski definition) is 4. The predicted octanol–water partition coefficient (Wildman–Crippen LogP) is 4.32. The van der Waals surface area contributed by atoms with Crippen LogP contribution in [0.2, 0.25) is 0 Å². The molecule has 1 atom stereocenters. The summed E-state index contributed by atoms with van der Waals surface area (Å²) in [5, 5.41) is 0. The second kappa shape index (κ2) is 10.4. The maximum atomic E-state index is 13.6. The topological polar surface area (TPSA) is 70.7 Å². The van der Waals surface area contributed by atoms with Crippen LogP contribution in [-0.4, -0.2) is 37.4 Å². The number of halogens is 1. The Morgan fingerprint density at radius 1 is 0.943 bits per heavy atom. The highest BCUT2D eigenvalue weighted by Crippen LogP contribution is 2.45. The molecule has 2 amide bonds. The zero-order valence-corrected chi connectivity index (χ0v) is 20.2. The fourth-order valence-corrected chi connectivity index (χ4v) is 4.44. The molecule has 182 valence electrons. The molecule has 0 aliphatic carbocycles. The number of nitrogens with one attached hydrogen (secondary N) is 2. The number of rotatable bonds is 7. The molecule has 0 spiro atoms. The molecule has 6 nitrogen and oxygen atoms in total. The van der Waals surface area contributed by atoms with Crippen LogP contribution < -0.4 is 10.9 Å². The van der Waals surface area contributed by atoms with Crippen LogP contribution in [0.5, 0.6) is 0 Å². The summed E-state index contributed by atoms with van der Waals surface area (Å²) in [5.41, 5.74) is 8.92. The van der Waals surface area contributed by atoms with E-state index in [9.17, 15) is 14.0 Å². The van der Waals surface area contributed by atoms with Crippen LogP contribution in [0.1, 0.15) is 55.8 Å². The maximum Gasteiger partial charge on any atom is 0.269 e. The lowest BCUT2D eigenvalue weighted by Gasteiger charge is -2.31. The Labute approximate surface area is 205 Å². The molecule has 3 aromatic carbocycles. The van der Waals surface area contributed by atoms with Crippen molar-refractivity contribution in [1.82, 2.24) is 15.8 Å². The van der Waals surface area contributed by atoms with E-state index in [2.05, 4.69) is 15.8 Å². The van der Waals surface area contributed by atoms with Crippen LogP contribution in [0, 0.1) is 12.7 Å². The number of benzene rings is 3. The van der Waals surface area contributed by atoms with E-state index in [1.165, 1.54) is 12.1 Å². The molecule has 0 bridgehead atoms. The first-order chi connectivity index (χ1) is 16.8. The number of hydrogen-bond donors (Lipinski definition) is 2. The molecule has 35 heavy (non-hydrogen) atoms. The number of fused-ring (bicyclic) bond motifs is 1. The number of carbonyl (C=O) groups is 2. The largest absolute Gasteiger partial charge is 0.361 e. The van der Waals surface area contributed by atoms with E-state index in [0.717, 1.165) is 41.6 Å². The second-order valence-corrected chi connectivity index (χ2v) is 9.18. The van der Waals surface area contributed by atoms with Crippen molar-refractivity contribution in [2.24, 2.45) is 0 Å². The van der Waals surface area contributed by atoms with Gasteiger partial charge in [0.2, 0.25) is 0 Å². The van der Waals surface area contributed by atoms with Crippen LogP contribution in [-0.2, 0) is 16.9 Å². The van der Waals surface area contributed by atoms with Gasteiger partial charge in [-0.25, -0.2) is 4.39 Å². The van der Waals surface area contributed by atoms with Gasteiger partial charge in [0.05, 0.1) is 6.61 Å². The molecular weight excluding hydrogens is 445 g/mol. The molecule has 0 saturated heterocycles. The van der Waals surface area contributed by atoms with E-state index in [0.29, 0.717) is 17.7 Å². The normalized spacial score (nSPS) is 16.7. The standard InChI is InChI=1S/C28H30FN3O3/c1-19-5-7-20(8-6-19)26(33)30-31-27(34)21-9-14-25-22(17-21)18-35-28(25,15-4-16-32(2)3)23-10-12-24(29)13-11-23/h5-14,17H,4,15-16,18H2,1-3H3,(H,30,33)(H,31,34). The Morgan fingerprint density at radius 2 is 1.57 bits per heavy atom. The van der Waals surface area contributed by atoms with Gasteiger partial charge in [0.15, 0.2) is 0 Å². The Kier molecular flexibility index (Phi) is 7.28. The molecule has 1 unspecified atom stereocenters. The van der Waals surface area contributed by atoms with Crippen LogP contribution in [0.4, 0.5) is 4.39 Å². The minimum atomic E-state index is -0.701. The molecule has 0 saturated carbocycles. The number of aryl methyl sites for hydroxylation is 1. The first-order valence-corrected chi connectivity index (χ1v) is 11.6. The summed E-state index contributed by atoms with van der Waals surface area (Å²) < 4.78 is 20.0. The number of amides is 2. The molecular formula is C28H30FN3O3. The predicted molar refractivity (Wildman–Crippen MR) is 132 cm³/mol. The van der Waals surface area contributed by atoms with E-state index in [4.69, 9.17) is 4.74 Å². The van der Waals surface area contributed by atoms with E-state index in [-0.39, 0.29) is 11.7 Å². The van der Waals surface area contributed by atoms with Gasteiger partial charge < -0.3 is 9.64 Å². The van der Waals surface area contributed by atoms with Gasteiger partial charge in [-0.2, -0.15) is 0 Å². The summed E-state index contributed by atoms with van der Waals surface area (Å²) in [6.07, 6.45) is 1.61. The highest BCUT2D eigenvalue weighted by molar-refractivity contribution is 5.99. The van der Waals surface area contributed by atoms with Crippen molar-refractivity contribution in [3.8, 4) is 0 Å². The van der Waals surface area contributed by atoms with Gasteiger partial charge >= 0.3 is 0 Å². The third kappa shape index (κ3) is 5.42. The molecule has 1 aliphatic heterocycles. The molecule has 7 heteroatoms. The van der Waals surface area contributed by atoms with Crippen molar-refractivity contribution in [3.63, 3.8) is 0 Å². The van der Waals surface area contributed by atoms with Crippen molar-refractivity contribution < 1.29 is 18.7 Å². The summed E-state index contributed by atoms with van der Waals surface area (Å²) in [6.45, 7) is 3.17. The van der Waals surface area contributed by atoms with Crippen molar-refractivity contribution in [2.45, 2.75) is 32.0 Å². The molecule has 1 aliphatic rings. The van der Waals surface area contributed by atoms with Crippen LogP contribution in [0.25, 0.3) is 0 Å². The lowest BCUT2D eigenvalue weighted by atomic mass is 9.81. The SMILES string of the molecule is Cc1ccc(C(=O)NNC(=O)c2ccc3c(c2)COC3(CCCN(C)C)c2ccc(F)cc2)cc1. The summed E-state index contributed by atoms with van der Waals surface area (Å²) in [4.78, 5) is 27.2. The second-order valence-electron chi connectivity index (χ2n) is 9.18. The number of ether oxygens (including phenoxy) is 1. The average molecular weight is 476 g/mol. The van der Waals surface area contributed by atoms with Gasteiger partial charge in [0.1, 0.15) is 11.4 Å². The molecule has 3 aromatic rings. The van der Waals surface area contributed by atoms with Crippen LogP contribution >= 0.6 is 0 Å². The first-order valence-electron chi connectivity index (χ1n) is 11.6. The summed E-state index contributed by atoms with van der Waals surface area (Å²) in [5.74, 6) is -1.10. The van der Waals surface area contributed by atoms with E-state index >= 15 is 0 Å². The van der Waals surface area contributed by atoms with Crippen molar-refractivity contribution in [2.75, 3.05) is 20.6 Å². The van der Waals surface area contributed by atoms with E-state index < -0.39 is 11.5 Å². The van der Waals surface area contributed by atoms with Gasteiger partial charge in [-0.1, -0.05) is 35.9 Å². The fourth-order valence-electron chi connectivity index (χ4n) is 4.44. The minimum absolute atomic E-state index is 0.296. The van der Waals surface area contributed by atoms with Crippen molar-refractivity contribution >= 4 is 11.8 Å². The van der Waals surface area contributed by atoms with E-state index in [1.54, 1.807) is 36.4 Å². The Bertz CT molecular complexity index is 1210. The number of carbonyl (C=O) groups excluding carboxylic acids is 2. The highest BCUT2D eigenvalue weighted by atomic mass is 19.1. The van der Waals surface area contributed by atoms with Gasteiger partial charge in [0, 0.05) is 11.1 Å². The molecule has 1 heterocycles. The smallest absolute Gasteiger partial charge is 0.269 e. The van der Waals surface area contributed by atoms with Gasteiger partial charge in [-0.3, -0.25) is 20.4 Å². The van der Waals surface area contributed by atoms with Gasteiger partial charge in [-0.15, -0.1) is 0 Å². The molecule has 2 N–H and O–H groups in total. The van der Waals surface area contributed by atoms with E-state index in [1.807, 2.05) is 39.2 Å². The summed E-state index contributed by atoms with van der Waals surface area (Å²) >= 11 is 0. The number of nitrogens with zero attached hydrogens (tertiary/aromatic N) is 1. The third-order valence-corrected chi connectivity index (χ3v) is 6.32.